The third-order valence-electron chi connectivity index (χ3n) is 6.01. The number of anilines is 1. The molecule has 6 heteroatoms. The lowest BCUT2D eigenvalue weighted by Crippen LogP contribution is -2.28. The molecule has 1 aliphatic carbocycles. The summed E-state index contributed by atoms with van der Waals surface area (Å²) in [7, 11) is 0. The van der Waals surface area contributed by atoms with Gasteiger partial charge in [-0.15, -0.1) is 0 Å². The third-order valence-corrected chi connectivity index (χ3v) is 6.01. The van der Waals surface area contributed by atoms with Crippen LogP contribution in [0.15, 0.2) is 77.7 Å². The van der Waals surface area contributed by atoms with Crippen molar-refractivity contribution in [3.63, 3.8) is 0 Å². The summed E-state index contributed by atoms with van der Waals surface area (Å²) in [5.41, 5.74) is 2.61. The topological polar surface area (TPSA) is 84.2 Å². The first-order chi connectivity index (χ1) is 15.1. The largest absolute Gasteiger partial charge is 0.388 e. The van der Waals surface area contributed by atoms with Crippen molar-refractivity contribution in [2.75, 3.05) is 5.32 Å². The number of nitrogens with one attached hydrogen (secondary N) is 1. The Morgan fingerprint density at radius 1 is 1.06 bits per heavy atom. The lowest BCUT2D eigenvalue weighted by Gasteiger charge is -2.19. The molecule has 2 N–H and O–H groups in total. The second-order valence-corrected chi connectivity index (χ2v) is 8.26. The predicted octanol–water partition coefficient (Wildman–Crippen LogP) is 3.57. The molecule has 1 aliphatic rings. The van der Waals surface area contributed by atoms with Gasteiger partial charge in [0.1, 0.15) is 6.54 Å². The SMILES string of the molecule is O=C(Cn1ncccc1=O)Nc1ccc(C[C@@H]2CC[C@H]([C@H](O)c3ccccc3)C2)cc1. The van der Waals surface area contributed by atoms with Gasteiger partial charge in [0.05, 0.1) is 6.10 Å². The fourth-order valence-corrected chi connectivity index (χ4v) is 4.41. The number of hydrogen-bond donors (Lipinski definition) is 2. The molecule has 3 atom stereocenters. The van der Waals surface area contributed by atoms with Crippen molar-refractivity contribution in [3.05, 3.63) is 94.4 Å². The Labute approximate surface area is 181 Å². The van der Waals surface area contributed by atoms with Crippen molar-refractivity contribution >= 4 is 11.6 Å². The van der Waals surface area contributed by atoms with E-state index >= 15 is 0 Å². The number of aromatic nitrogens is 2. The van der Waals surface area contributed by atoms with Gasteiger partial charge in [0.15, 0.2) is 0 Å². The molecule has 0 radical (unpaired) electrons. The number of carbonyl (C=O) groups excluding carboxylic acids is 1. The van der Waals surface area contributed by atoms with Crippen molar-refractivity contribution in [2.24, 2.45) is 11.8 Å². The average Bonchev–Trinajstić information content (AvgIpc) is 3.25. The smallest absolute Gasteiger partial charge is 0.267 e. The number of aliphatic hydroxyl groups excluding tert-OH is 1. The van der Waals surface area contributed by atoms with Gasteiger partial charge in [-0.25, -0.2) is 4.68 Å². The lowest BCUT2D eigenvalue weighted by atomic mass is 9.91. The van der Waals surface area contributed by atoms with Crippen molar-refractivity contribution in [1.82, 2.24) is 9.78 Å². The van der Waals surface area contributed by atoms with Gasteiger partial charge in [0, 0.05) is 18.0 Å². The zero-order valence-electron chi connectivity index (χ0n) is 17.4. The first-order valence-corrected chi connectivity index (χ1v) is 10.7. The van der Waals surface area contributed by atoms with Crippen LogP contribution in [0.5, 0.6) is 0 Å². The van der Waals surface area contributed by atoms with Gasteiger partial charge in [-0.05, 0) is 66.8 Å². The molecule has 0 unspecified atom stereocenters. The van der Waals surface area contributed by atoms with E-state index in [1.54, 1.807) is 6.07 Å². The van der Waals surface area contributed by atoms with Crippen LogP contribution in [0.1, 0.15) is 36.5 Å². The van der Waals surface area contributed by atoms with Gasteiger partial charge in [0.25, 0.3) is 5.56 Å². The van der Waals surface area contributed by atoms with E-state index < -0.39 is 6.10 Å². The van der Waals surface area contributed by atoms with Crippen LogP contribution in [-0.2, 0) is 17.8 Å². The number of carbonyl (C=O) groups is 1. The molecular weight excluding hydrogens is 390 g/mol. The average molecular weight is 418 g/mol. The maximum Gasteiger partial charge on any atom is 0.267 e. The van der Waals surface area contributed by atoms with E-state index in [0.29, 0.717) is 17.5 Å². The Balaban J connectivity index is 1.28. The van der Waals surface area contributed by atoms with E-state index in [1.165, 1.54) is 17.8 Å². The summed E-state index contributed by atoms with van der Waals surface area (Å²) in [4.78, 5) is 23.8. The van der Waals surface area contributed by atoms with E-state index in [9.17, 15) is 14.7 Å². The normalized spacial score (nSPS) is 19.1. The van der Waals surface area contributed by atoms with Crippen molar-refractivity contribution in [2.45, 2.75) is 38.3 Å². The first kappa shape index (κ1) is 21.0. The maximum atomic E-state index is 12.2. The number of benzene rings is 2. The second kappa shape index (κ2) is 9.71. The Bertz CT molecular complexity index is 1060. The van der Waals surface area contributed by atoms with Gasteiger partial charge in [-0.2, -0.15) is 5.10 Å². The Hall–Kier alpha value is -3.25. The highest BCUT2D eigenvalue weighted by Gasteiger charge is 2.30. The van der Waals surface area contributed by atoms with Crippen molar-refractivity contribution in [1.29, 1.82) is 0 Å². The van der Waals surface area contributed by atoms with Gasteiger partial charge in [-0.1, -0.05) is 42.5 Å². The van der Waals surface area contributed by atoms with Crippen LogP contribution in [-0.4, -0.2) is 20.8 Å². The fourth-order valence-electron chi connectivity index (χ4n) is 4.41. The van der Waals surface area contributed by atoms with Gasteiger partial charge in [-0.3, -0.25) is 9.59 Å². The summed E-state index contributed by atoms with van der Waals surface area (Å²) in [6, 6.07) is 20.7. The van der Waals surface area contributed by atoms with Crippen LogP contribution in [0, 0.1) is 11.8 Å². The minimum Gasteiger partial charge on any atom is -0.388 e. The van der Waals surface area contributed by atoms with E-state index in [2.05, 4.69) is 10.4 Å². The standard InChI is InChI=1S/C25H27N3O3/c29-23(17-28-24(30)7-4-14-26-28)27-22-12-9-18(10-13-22)15-19-8-11-21(16-19)25(31)20-5-2-1-3-6-20/h1-7,9-10,12-14,19,21,25,31H,8,11,15-17H2,(H,27,29)/t19-,21-,25+/m0/s1. The molecule has 1 aromatic heterocycles. The van der Waals surface area contributed by atoms with Crippen LogP contribution in [0.25, 0.3) is 0 Å². The molecule has 0 bridgehead atoms. The highest BCUT2D eigenvalue weighted by molar-refractivity contribution is 5.90. The van der Waals surface area contributed by atoms with Crippen LogP contribution in [0.2, 0.25) is 0 Å². The molecule has 160 valence electrons. The molecule has 1 heterocycles. The fraction of sp³-hybridized carbons (Fsp3) is 0.320. The minimum atomic E-state index is -0.393. The van der Waals surface area contributed by atoms with Gasteiger partial charge in [0.2, 0.25) is 5.91 Å². The summed E-state index contributed by atoms with van der Waals surface area (Å²) in [6.45, 7) is -0.116. The number of hydrogen-bond acceptors (Lipinski definition) is 4. The van der Waals surface area contributed by atoms with E-state index in [4.69, 9.17) is 0 Å². The lowest BCUT2D eigenvalue weighted by molar-refractivity contribution is -0.117. The highest BCUT2D eigenvalue weighted by atomic mass is 16.3. The van der Waals surface area contributed by atoms with E-state index in [1.807, 2.05) is 54.6 Å². The molecule has 31 heavy (non-hydrogen) atoms. The van der Waals surface area contributed by atoms with Crippen LogP contribution < -0.4 is 10.9 Å². The molecule has 0 saturated heterocycles. The summed E-state index contributed by atoms with van der Waals surface area (Å²) in [6.07, 6.45) is 5.24. The van der Waals surface area contributed by atoms with Crippen LogP contribution >= 0.6 is 0 Å². The van der Waals surface area contributed by atoms with Crippen LogP contribution in [0.4, 0.5) is 5.69 Å². The first-order valence-electron chi connectivity index (χ1n) is 10.7. The number of nitrogens with zero attached hydrogens (tertiary/aromatic N) is 2. The molecule has 2 aromatic carbocycles. The summed E-state index contributed by atoms with van der Waals surface area (Å²) >= 11 is 0. The molecule has 6 nitrogen and oxygen atoms in total. The molecule has 3 aromatic rings. The monoisotopic (exact) mass is 417 g/mol. The molecule has 1 saturated carbocycles. The molecule has 4 rings (SSSR count). The molecule has 1 fully saturated rings. The number of rotatable bonds is 7. The molecule has 1 amide bonds. The Kier molecular flexibility index (Phi) is 6.57. The predicted molar refractivity (Wildman–Crippen MR) is 120 cm³/mol. The minimum absolute atomic E-state index is 0.116. The number of amides is 1. The molecule has 0 aliphatic heterocycles. The quantitative estimate of drug-likeness (QED) is 0.616. The van der Waals surface area contributed by atoms with E-state index in [0.717, 1.165) is 35.9 Å². The van der Waals surface area contributed by atoms with E-state index in [-0.39, 0.29) is 18.0 Å². The zero-order chi connectivity index (χ0) is 21.6. The van der Waals surface area contributed by atoms with Crippen molar-refractivity contribution in [3.8, 4) is 0 Å². The molecular formula is C25H27N3O3. The third kappa shape index (κ3) is 5.47. The van der Waals surface area contributed by atoms with Gasteiger partial charge < -0.3 is 10.4 Å². The van der Waals surface area contributed by atoms with Gasteiger partial charge >= 0.3 is 0 Å². The summed E-state index contributed by atoms with van der Waals surface area (Å²) in [5, 5.41) is 17.4. The highest BCUT2D eigenvalue weighted by Crippen LogP contribution is 2.40. The maximum absolute atomic E-state index is 12.2. The summed E-state index contributed by atoms with van der Waals surface area (Å²) < 4.78 is 1.13. The second-order valence-electron chi connectivity index (χ2n) is 8.26. The van der Waals surface area contributed by atoms with Crippen molar-refractivity contribution < 1.29 is 9.90 Å². The Morgan fingerprint density at radius 2 is 1.84 bits per heavy atom. The number of aliphatic hydroxyl groups is 1. The molecule has 0 spiro atoms. The van der Waals surface area contributed by atoms with Crippen LogP contribution in [0.3, 0.4) is 0 Å². The Morgan fingerprint density at radius 3 is 2.58 bits per heavy atom. The summed E-state index contributed by atoms with van der Waals surface area (Å²) in [5.74, 6) is 0.572. The zero-order valence-corrected chi connectivity index (χ0v) is 17.4.